The Balaban J connectivity index is 1.77. The molecule has 2 aromatic rings. The van der Waals surface area contributed by atoms with E-state index in [4.69, 9.17) is 0 Å². The maximum atomic E-state index is 12.5. The minimum Gasteiger partial charge on any atom is -0.335 e. The van der Waals surface area contributed by atoms with Crippen molar-refractivity contribution in [1.82, 2.24) is 15.1 Å². The third-order valence-electron chi connectivity index (χ3n) is 4.22. The van der Waals surface area contributed by atoms with Crippen LogP contribution in [0.4, 0.5) is 0 Å². The lowest BCUT2D eigenvalue weighted by molar-refractivity contribution is 0.0745. The molecule has 0 N–H and O–H groups in total. The lowest BCUT2D eigenvalue weighted by Crippen LogP contribution is -2.34. The fraction of sp³-hybridized carbons (Fsp3) is 0.353. The summed E-state index contributed by atoms with van der Waals surface area (Å²) in [5.41, 5.74) is 3.19. The van der Waals surface area contributed by atoms with Crippen LogP contribution in [0.2, 0.25) is 0 Å². The number of nitrogens with zero attached hydrogens (tertiary/aromatic N) is 3. The number of hydrogen-bond donors (Lipinski definition) is 0. The van der Waals surface area contributed by atoms with Gasteiger partial charge in [-0.2, -0.15) is 10.2 Å². The Morgan fingerprint density at radius 3 is 2.62 bits per heavy atom. The Morgan fingerprint density at radius 1 is 1.19 bits per heavy atom. The highest BCUT2D eigenvalue weighted by Gasteiger charge is 2.33. The molecule has 1 aliphatic rings. The fourth-order valence-corrected chi connectivity index (χ4v) is 2.98. The van der Waals surface area contributed by atoms with Gasteiger partial charge in [0.2, 0.25) is 0 Å². The van der Waals surface area contributed by atoms with E-state index in [1.54, 1.807) is 12.3 Å². The lowest BCUT2D eigenvalue weighted by atomic mass is 9.96. The average molecular weight is 281 g/mol. The van der Waals surface area contributed by atoms with Crippen LogP contribution in [0.1, 0.15) is 40.7 Å². The van der Waals surface area contributed by atoms with E-state index >= 15 is 0 Å². The molecule has 1 amide bonds. The molecule has 1 fully saturated rings. The molecule has 0 spiro atoms. The molecule has 3 rings (SSSR count). The second kappa shape index (κ2) is 5.64. The van der Waals surface area contributed by atoms with E-state index in [2.05, 4.69) is 48.3 Å². The predicted molar refractivity (Wildman–Crippen MR) is 81.1 cm³/mol. The Morgan fingerprint density at radius 2 is 1.95 bits per heavy atom. The smallest absolute Gasteiger partial charge is 0.255 e. The molecule has 1 saturated heterocycles. The van der Waals surface area contributed by atoms with E-state index in [1.165, 1.54) is 17.3 Å². The summed E-state index contributed by atoms with van der Waals surface area (Å²) in [5, 5.41) is 7.52. The van der Waals surface area contributed by atoms with Crippen LogP contribution in [0.15, 0.2) is 42.7 Å². The molecule has 4 nitrogen and oxygen atoms in total. The van der Waals surface area contributed by atoms with Crippen molar-refractivity contribution in [3.63, 3.8) is 0 Å². The molecule has 2 heterocycles. The molecule has 2 atom stereocenters. The van der Waals surface area contributed by atoms with Crippen LogP contribution in [0.5, 0.6) is 0 Å². The zero-order valence-electron chi connectivity index (χ0n) is 12.4. The molecule has 0 saturated carbocycles. The third kappa shape index (κ3) is 2.79. The molecule has 0 aliphatic carbocycles. The molecule has 21 heavy (non-hydrogen) atoms. The van der Waals surface area contributed by atoms with Gasteiger partial charge in [-0.05, 0) is 31.9 Å². The van der Waals surface area contributed by atoms with Gasteiger partial charge in [-0.25, -0.2) is 0 Å². The van der Waals surface area contributed by atoms with Crippen molar-refractivity contribution in [3.05, 3.63) is 59.4 Å². The second-order valence-corrected chi connectivity index (χ2v) is 5.78. The van der Waals surface area contributed by atoms with E-state index in [0.29, 0.717) is 11.5 Å². The van der Waals surface area contributed by atoms with Gasteiger partial charge in [0.05, 0.1) is 18.0 Å². The summed E-state index contributed by atoms with van der Waals surface area (Å²) in [6.07, 6.45) is 4.10. The number of likely N-dealkylation sites (tertiary alicyclic amines) is 1. The van der Waals surface area contributed by atoms with Crippen LogP contribution in [-0.2, 0) is 0 Å². The van der Waals surface area contributed by atoms with Crippen LogP contribution in [0.3, 0.4) is 0 Å². The highest BCUT2D eigenvalue weighted by molar-refractivity contribution is 5.94. The summed E-state index contributed by atoms with van der Waals surface area (Å²) in [5.74, 6) is 0.464. The molecular formula is C17H19N3O. The molecule has 1 aliphatic heterocycles. The Kier molecular flexibility index (Phi) is 3.69. The largest absolute Gasteiger partial charge is 0.335 e. The molecule has 108 valence electrons. The van der Waals surface area contributed by atoms with E-state index in [9.17, 15) is 4.79 Å². The number of carbonyl (C=O) groups excluding carboxylic acids is 1. The van der Waals surface area contributed by atoms with Crippen molar-refractivity contribution in [2.45, 2.75) is 32.2 Å². The highest BCUT2D eigenvalue weighted by atomic mass is 16.2. The lowest BCUT2D eigenvalue weighted by Gasteiger charge is -2.21. The Bertz CT molecular complexity index is 624. The number of aryl methyl sites for hydroxylation is 1. The van der Waals surface area contributed by atoms with Gasteiger partial charge < -0.3 is 4.90 Å². The van der Waals surface area contributed by atoms with Crippen molar-refractivity contribution < 1.29 is 4.79 Å². The summed E-state index contributed by atoms with van der Waals surface area (Å²) in [6, 6.07) is 10.6. The van der Waals surface area contributed by atoms with Gasteiger partial charge in [-0.15, -0.1) is 0 Å². The van der Waals surface area contributed by atoms with Crippen LogP contribution in [0, 0.1) is 6.92 Å². The monoisotopic (exact) mass is 281 g/mol. The van der Waals surface area contributed by atoms with Gasteiger partial charge in [0, 0.05) is 18.5 Å². The van der Waals surface area contributed by atoms with Gasteiger partial charge in [-0.3, -0.25) is 4.79 Å². The first-order valence-electron chi connectivity index (χ1n) is 7.29. The third-order valence-corrected chi connectivity index (χ3v) is 4.22. The van der Waals surface area contributed by atoms with Crippen molar-refractivity contribution in [2.75, 3.05) is 6.54 Å². The summed E-state index contributed by atoms with van der Waals surface area (Å²) in [4.78, 5) is 14.5. The number of carbonyl (C=O) groups is 1. The average Bonchev–Trinajstić information content (AvgIpc) is 2.90. The van der Waals surface area contributed by atoms with E-state index in [0.717, 1.165) is 13.0 Å². The normalized spacial score (nSPS) is 21.5. The van der Waals surface area contributed by atoms with Crippen molar-refractivity contribution in [1.29, 1.82) is 0 Å². The van der Waals surface area contributed by atoms with E-state index in [1.807, 2.05) is 4.90 Å². The number of hydrogen-bond acceptors (Lipinski definition) is 3. The first kappa shape index (κ1) is 13.7. The standard InChI is InChI=1S/C17H19N3O/c1-12-3-5-14(6-4-12)16-9-13(2)20(11-16)17(21)15-7-8-18-19-10-15/h3-8,10,13,16H,9,11H2,1-2H3/t13-,16+/m1/s1. The number of amides is 1. The quantitative estimate of drug-likeness (QED) is 0.850. The zero-order chi connectivity index (χ0) is 14.8. The molecule has 1 aromatic carbocycles. The number of rotatable bonds is 2. The topological polar surface area (TPSA) is 46.1 Å². The van der Waals surface area contributed by atoms with E-state index < -0.39 is 0 Å². The summed E-state index contributed by atoms with van der Waals surface area (Å²) >= 11 is 0. The Labute approximate surface area is 124 Å². The van der Waals surface area contributed by atoms with Crippen molar-refractivity contribution in [2.24, 2.45) is 0 Å². The van der Waals surface area contributed by atoms with Crippen LogP contribution < -0.4 is 0 Å². The van der Waals surface area contributed by atoms with Gasteiger partial charge in [-0.1, -0.05) is 29.8 Å². The predicted octanol–water partition coefficient (Wildman–Crippen LogP) is 2.80. The van der Waals surface area contributed by atoms with Crippen LogP contribution in [-0.4, -0.2) is 33.6 Å². The molecule has 1 aromatic heterocycles. The van der Waals surface area contributed by atoms with Gasteiger partial charge >= 0.3 is 0 Å². The van der Waals surface area contributed by atoms with Gasteiger partial charge in [0.1, 0.15) is 0 Å². The maximum absolute atomic E-state index is 12.5. The zero-order valence-corrected chi connectivity index (χ0v) is 12.4. The highest BCUT2D eigenvalue weighted by Crippen LogP contribution is 2.32. The van der Waals surface area contributed by atoms with Gasteiger partial charge in [0.15, 0.2) is 0 Å². The summed E-state index contributed by atoms with van der Waals surface area (Å²) in [6.45, 7) is 4.97. The van der Waals surface area contributed by atoms with E-state index in [-0.39, 0.29) is 11.9 Å². The van der Waals surface area contributed by atoms with Crippen molar-refractivity contribution >= 4 is 5.91 Å². The summed E-state index contributed by atoms with van der Waals surface area (Å²) < 4.78 is 0. The van der Waals surface area contributed by atoms with Crippen molar-refractivity contribution in [3.8, 4) is 0 Å². The van der Waals surface area contributed by atoms with Crippen LogP contribution >= 0.6 is 0 Å². The first-order valence-corrected chi connectivity index (χ1v) is 7.29. The van der Waals surface area contributed by atoms with Gasteiger partial charge in [0.25, 0.3) is 5.91 Å². The van der Waals surface area contributed by atoms with Crippen LogP contribution in [0.25, 0.3) is 0 Å². The molecule has 0 unspecified atom stereocenters. The minimum atomic E-state index is 0.0482. The number of benzene rings is 1. The molecular weight excluding hydrogens is 262 g/mol. The SMILES string of the molecule is Cc1ccc([C@H]2C[C@@H](C)N(C(=O)c3ccnnc3)C2)cc1. The Hall–Kier alpha value is -2.23. The number of aromatic nitrogens is 2. The maximum Gasteiger partial charge on any atom is 0.255 e. The molecule has 4 heteroatoms. The molecule has 0 bridgehead atoms. The molecule has 0 radical (unpaired) electrons. The fourth-order valence-electron chi connectivity index (χ4n) is 2.98. The summed E-state index contributed by atoms with van der Waals surface area (Å²) in [7, 11) is 0. The second-order valence-electron chi connectivity index (χ2n) is 5.78. The minimum absolute atomic E-state index is 0.0482. The first-order chi connectivity index (χ1) is 10.1.